The number of H-pyrrole nitrogens is 1. The molecule has 0 radical (unpaired) electrons. The largest absolute Gasteiger partial charge is 0.453 e. The Morgan fingerprint density at radius 3 is 2.47 bits per heavy atom. The van der Waals surface area contributed by atoms with Crippen molar-refractivity contribution >= 4 is 23.4 Å². The maximum absolute atomic E-state index is 13.1. The van der Waals surface area contributed by atoms with Crippen molar-refractivity contribution < 1.29 is 23.1 Å². The number of alkyl halides is 3. The number of carbonyl (C=O) groups excluding carboxylic acids is 1. The Balaban J connectivity index is 1.70. The molecule has 1 amide bonds. The Bertz CT molecular complexity index is 1420. The number of nitrogens with one attached hydrogen (secondary N) is 3. The van der Waals surface area contributed by atoms with E-state index in [0.29, 0.717) is 11.3 Å². The highest BCUT2D eigenvalue weighted by Gasteiger charge is 2.36. The first kappa shape index (κ1) is 26.5. The lowest BCUT2D eigenvalue weighted by Crippen LogP contribution is -2.22. The monoisotopic (exact) mass is 526 g/mol. The van der Waals surface area contributed by atoms with Crippen LogP contribution in [0, 0.1) is 6.92 Å². The summed E-state index contributed by atoms with van der Waals surface area (Å²) in [6, 6.07) is 13.5. The molecule has 0 bridgehead atoms. The van der Waals surface area contributed by atoms with Gasteiger partial charge in [-0.3, -0.25) is 9.89 Å². The van der Waals surface area contributed by atoms with Crippen LogP contribution >= 0.6 is 0 Å². The zero-order valence-corrected chi connectivity index (χ0v) is 20.7. The molecule has 4 aromatic rings. The fourth-order valence-corrected chi connectivity index (χ4v) is 3.67. The number of aromatic nitrogens is 5. The molecule has 13 heteroatoms. The number of aliphatic hydroxyl groups excluding tert-OH is 1. The lowest BCUT2D eigenvalue weighted by Gasteiger charge is -2.19. The van der Waals surface area contributed by atoms with Crippen molar-refractivity contribution in [3.63, 3.8) is 0 Å². The van der Waals surface area contributed by atoms with E-state index in [1.165, 1.54) is 11.1 Å². The minimum absolute atomic E-state index is 0.117. The second-order valence-corrected chi connectivity index (χ2v) is 8.61. The minimum Gasteiger partial charge on any atom is -0.394 e. The summed E-state index contributed by atoms with van der Waals surface area (Å²) >= 11 is 0. The number of hydrogen-bond donors (Lipinski definition) is 4. The van der Waals surface area contributed by atoms with Gasteiger partial charge in [0, 0.05) is 31.5 Å². The first-order valence-corrected chi connectivity index (χ1v) is 11.5. The predicted octanol–water partition coefficient (Wildman–Crippen LogP) is 4.18. The Hall–Kier alpha value is -4.52. The van der Waals surface area contributed by atoms with Crippen molar-refractivity contribution in [3.8, 4) is 11.4 Å². The van der Waals surface area contributed by atoms with Crippen LogP contribution in [0.25, 0.3) is 11.4 Å². The van der Waals surface area contributed by atoms with E-state index in [1.54, 1.807) is 63.5 Å². The van der Waals surface area contributed by atoms with Crippen LogP contribution in [-0.4, -0.2) is 61.8 Å². The average Bonchev–Trinajstić information content (AvgIpc) is 3.38. The van der Waals surface area contributed by atoms with E-state index in [0.717, 1.165) is 11.1 Å². The third kappa shape index (κ3) is 5.89. The van der Waals surface area contributed by atoms with E-state index in [9.17, 15) is 23.1 Å². The van der Waals surface area contributed by atoms with Gasteiger partial charge in [-0.1, -0.05) is 30.3 Å². The topological polar surface area (TPSA) is 132 Å². The van der Waals surface area contributed by atoms with E-state index in [2.05, 4.69) is 35.8 Å². The Morgan fingerprint density at radius 2 is 1.87 bits per heavy atom. The summed E-state index contributed by atoms with van der Waals surface area (Å²) in [4.78, 5) is 26.1. The fourth-order valence-electron chi connectivity index (χ4n) is 3.67. The molecular weight excluding hydrogens is 501 g/mol. The SMILES string of the molecule is Cc1cc(Nc2ncc(-c3nc(C(F)(F)F)n[nH]3)c(N[C@H](CO)c3ccccc3)n2)ccc1C(=O)N(C)C. The zero-order chi connectivity index (χ0) is 27.4. The number of aliphatic hydroxyl groups is 1. The third-order valence-corrected chi connectivity index (χ3v) is 5.60. The van der Waals surface area contributed by atoms with E-state index in [-0.39, 0.29) is 35.7 Å². The van der Waals surface area contributed by atoms with Gasteiger partial charge in [0.05, 0.1) is 18.2 Å². The van der Waals surface area contributed by atoms with Gasteiger partial charge in [-0.25, -0.2) is 9.97 Å². The highest BCUT2D eigenvalue weighted by molar-refractivity contribution is 5.95. The van der Waals surface area contributed by atoms with Crippen LogP contribution in [0.3, 0.4) is 0 Å². The van der Waals surface area contributed by atoms with E-state index in [1.807, 2.05) is 6.07 Å². The number of rotatable bonds is 8. The smallest absolute Gasteiger partial charge is 0.394 e. The van der Waals surface area contributed by atoms with Crippen molar-refractivity contribution in [2.24, 2.45) is 0 Å². The van der Waals surface area contributed by atoms with E-state index >= 15 is 0 Å². The maximum Gasteiger partial charge on any atom is 0.453 e. The van der Waals surface area contributed by atoms with Crippen LogP contribution in [0.4, 0.5) is 30.6 Å². The molecule has 38 heavy (non-hydrogen) atoms. The van der Waals surface area contributed by atoms with Gasteiger partial charge in [0.15, 0.2) is 5.82 Å². The van der Waals surface area contributed by atoms with Gasteiger partial charge in [-0.2, -0.15) is 18.2 Å². The fraction of sp³-hybridized carbons (Fsp3) is 0.240. The molecule has 0 saturated heterocycles. The average molecular weight is 527 g/mol. The molecule has 0 saturated carbocycles. The molecule has 0 fully saturated rings. The van der Waals surface area contributed by atoms with Crippen molar-refractivity contribution in [1.82, 2.24) is 30.0 Å². The van der Waals surface area contributed by atoms with Crippen molar-refractivity contribution in [2.45, 2.75) is 19.1 Å². The Labute approximate surface area is 216 Å². The van der Waals surface area contributed by atoms with E-state index in [4.69, 9.17) is 0 Å². The predicted molar refractivity (Wildman–Crippen MR) is 135 cm³/mol. The summed E-state index contributed by atoms with van der Waals surface area (Å²) in [6.45, 7) is 1.48. The molecular formula is C25H25F3N8O2. The van der Waals surface area contributed by atoms with Gasteiger partial charge >= 0.3 is 6.18 Å². The number of benzene rings is 2. The highest BCUT2D eigenvalue weighted by Crippen LogP contribution is 2.32. The van der Waals surface area contributed by atoms with Gasteiger partial charge in [0.2, 0.25) is 5.95 Å². The molecule has 0 spiro atoms. The number of aromatic amines is 1. The van der Waals surface area contributed by atoms with Gasteiger partial charge in [0.1, 0.15) is 5.82 Å². The summed E-state index contributed by atoms with van der Waals surface area (Å²) in [5, 5.41) is 21.7. The number of carbonyl (C=O) groups is 1. The van der Waals surface area contributed by atoms with Crippen LogP contribution < -0.4 is 10.6 Å². The van der Waals surface area contributed by atoms with Crippen molar-refractivity contribution in [1.29, 1.82) is 0 Å². The third-order valence-electron chi connectivity index (χ3n) is 5.60. The number of aryl methyl sites for hydroxylation is 1. The number of nitrogens with zero attached hydrogens (tertiary/aromatic N) is 5. The molecule has 2 aromatic heterocycles. The van der Waals surface area contributed by atoms with Gasteiger partial charge in [0.25, 0.3) is 11.7 Å². The molecule has 10 nitrogen and oxygen atoms in total. The molecule has 0 aliphatic carbocycles. The summed E-state index contributed by atoms with van der Waals surface area (Å²) < 4.78 is 39.3. The second-order valence-electron chi connectivity index (χ2n) is 8.61. The molecule has 0 aliphatic rings. The normalized spacial score (nSPS) is 12.2. The Kier molecular flexibility index (Phi) is 7.57. The van der Waals surface area contributed by atoms with Crippen LogP contribution in [0.5, 0.6) is 0 Å². The number of hydrogen-bond acceptors (Lipinski definition) is 8. The Morgan fingerprint density at radius 1 is 1.13 bits per heavy atom. The van der Waals surface area contributed by atoms with Gasteiger partial charge in [-0.05, 0) is 36.2 Å². The van der Waals surface area contributed by atoms with Crippen LogP contribution in [0.1, 0.15) is 33.4 Å². The summed E-state index contributed by atoms with van der Waals surface area (Å²) in [5.74, 6) is -1.42. The molecule has 1 atom stereocenters. The minimum atomic E-state index is -4.74. The summed E-state index contributed by atoms with van der Waals surface area (Å²) in [7, 11) is 3.33. The number of anilines is 3. The van der Waals surface area contributed by atoms with Gasteiger partial charge < -0.3 is 20.6 Å². The molecule has 0 unspecified atom stereocenters. The lowest BCUT2D eigenvalue weighted by atomic mass is 10.1. The zero-order valence-electron chi connectivity index (χ0n) is 20.7. The van der Waals surface area contributed by atoms with Crippen LogP contribution in [0.15, 0.2) is 54.7 Å². The highest BCUT2D eigenvalue weighted by atomic mass is 19.4. The summed E-state index contributed by atoms with van der Waals surface area (Å²) in [5.41, 5.74) is 2.72. The van der Waals surface area contributed by atoms with Crippen LogP contribution in [-0.2, 0) is 6.18 Å². The first-order chi connectivity index (χ1) is 18.1. The maximum atomic E-state index is 13.1. The molecule has 0 aliphatic heterocycles. The quantitative estimate of drug-likeness (QED) is 0.269. The lowest BCUT2D eigenvalue weighted by molar-refractivity contribution is -0.144. The number of amides is 1. The molecule has 4 rings (SSSR count). The molecule has 4 N–H and O–H groups in total. The summed E-state index contributed by atoms with van der Waals surface area (Å²) in [6.07, 6.45) is -3.44. The van der Waals surface area contributed by atoms with E-state index < -0.39 is 18.0 Å². The van der Waals surface area contributed by atoms with Crippen molar-refractivity contribution in [2.75, 3.05) is 31.3 Å². The first-order valence-electron chi connectivity index (χ1n) is 11.5. The number of halogens is 3. The van der Waals surface area contributed by atoms with Gasteiger partial charge in [-0.15, -0.1) is 5.10 Å². The standard InChI is InChI=1S/C25H25F3N8O2/c1-14-11-16(9-10-17(14)22(38)36(2)3)30-24-29-12-18(21-32-23(35-34-21)25(26,27)28)20(33-24)31-19(13-37)15-7-5-4-6-8-15/h4-12,19,37H,13H2,1-3H3,(H,32,34,35)(H2,29,30,31,33)/t19-/m1/s1. The molecule has 198 valence electrons. The molecule has 2 aromatic carbocycles. The molecule has 2 heterocycles. The second kappa shape index (κ2) is 10.8. The van der Waals surface area contributed by atoms with Crippen LogP contribution in [0.2, 0.25) is 0 Å². The van der Waals surface area contributed by atoms with Crippen molar-refractivity contribution in [3.05, 3.63) is 77.2 Å².